The highest BCUT2D eigenvalue weighted by atomic mass is 16.1. The lowest BCUT2D eigenvalue weighted by molar-refractivity contribution is -0.116. The third-order valence-electron chi connectivity index (χ3n) is 1.70. The minimum Gasteiger partial charge on any atom is -0.295 e. The number of hydrogen-bond donors (Lipinski definition) is 0. The third-order valence-corrected chi connectivity index (χ3v) is 1.70. The van der Waals surface area contributed by atoms with Crippen LogP contribution >= 0.6 is 0 Å². The average Bonchev–Trinajstić information content (AvgIpc) is 1.94. The van der Waals surface area contributed by atoms with Gasteiger partial charge >= 0.3 is 0 Å². The number of allylic oxidation sites excluding steroid dienone is 2. The maximum atomic E-state index is 11.0. The number of carbonyl (C=O) groups is 1. The Kier molecular flexibility index (Phi) is 2.22. The topological polar surface area (TPSA) is 40.9 Å². The van der Waals surface area contributed by atoms with Crippen LogP contribution in [0.25, 0.3) is 0 Å². The summed E-state index contributed by atoms with van der Waals surface area (Å²) in [6.07, 6.45) is 4.85. The van der Waals surface area contributed by atoms with Gasteiger partial charge in [0.05, 0.1) is 6.07 Å². The molecule has 0 aromatic carbocycles. The van der Waals surface area contributed by atoms with Gasteiger partial charge in [-0.15, -0.1) is 0 Å². The Balaban J connectivity index is 2.67. The van der Waals surface area contributed by atoms with Crippen LogP contribution in [0.15, 0.2) is 11.6 Å². The highest BCUT2D eigenvalue weighted by molar-refractivity contribution is 5.96. The number of nitriles is 1. The van der Waals surface area contributed by atoms with E-state index in [0.717, 1.165) is 19.3 Å². The summed E-state index contributed by atoms with van der Waals surface area (Å²) in [5.41, 5.74) is 0.716. The second-order valence-corrected chi connectivity index (χ2v) is 2.43. The molecule has 1 rings (SSSR count). The molecule has 1 aliphatic carbocycles. The van der Waals surface area contributed by atoms with Gasteiger partial charge in [0.25, 0.3) is 0 Å². The van der Waals surface area contributed by atoms with Crippen molar-refractivity contribution in [1.29, 1.82) is 5.26 Å². The predicted molar refractivity (Wildman–Crippen MR) is 37.2 cm³/mol. The smallest absolute Gasteiger partial charge is 0.159 e. The molecule has 0 unspecified atom stereocenters. The van der Waals surface area contributed by atoms with Gasteiger partial charge in [-0.1, -0.05) is 0 Å². The van der Waals surface area contributed by atoms with Crippen molar-refractivity contribution in [3.8, 4) is 6.07 Å². The lowest BCUT2D eigenvalue weighted by Gasteiger charge is -2.09. The Morgan fingerprint density at radius 2 is 2.10 bits per heavy atom. The van der Waals surface area contributed by atoms with Crippen molar-refractivity contribution >= 4 is 5.78 Å². The summed E-state index contributed by atoms with van der Waals surface area (Å²) in [4.78, 5) is 11.0. The molecule has 2 nitrogen and oxygen atoms in total. The van der Waals surface area contributed by atoms with E-state index < -0.39 is 0 Å². The number of Topliss-reactive ketones (excluding diaryl/α,β-unsaturated/α-hetero) is 1. The minimum atomic E-state index is 0.160. The van der Waals surface area contributed by atoms with Crippen molar-refractivity contribution in [1.82, 2.24) is 0 Å². The van der Waals surface area contributed by atoms with Crippen molar-refractivity contribution in [2.24, 2.45) is 0 Å². The third kappa shape index (κ3) is 1.44. The molecule has 0 amide bonds. The molecule has 2 heteroatoms. The average molecular weight is 135 g/mol. The number of hydrogen-bond acceptors (Lipinski definition) is 2. The lowest BCUT2D eigenvalue weighted by atomic mass is 9.94. The van der Waals surface area contributed by atoms with Gasteiger partial charge in [0, 0.05) is 18.1 Å². The van der Waals surface area contributed by atoms with Crippen LogP contribution in [0.1, 0.15) is 25.7 Å². The molecule has 0 bridgehead atoms. The van der Waals surface area contributed by atoms with Crippen LogP contribution in [0.2, 0.25) is 0 Å². The van der Waals surface area contributed by atoms with E-state index in [0.29, 0.717) is 12.0 Å². The molecule has 0 aromatic rings. The van der Waals surface area contributed by atoms with Crippen LogP contribution in [-0.2, 0) is 4.79 Å². The lowest BCUT2D eigenvalue weighted by Crippen LogP contribution is -2.07. The van der Waals surface area contributed by atoms with Gasteiger partial charge < -0.3 is 0 Å². The molecule has 52 valence electrons. The van der Waals surface area contributed by atoms with E-state index in [1.807, 2.05) is 6.07 Å². The van der Waals surface area contributed by atoms with Crippen LogP contribution in [-0.4, -0.2) is 5.78 Å². The first kappa shape index (κ1) is 7.01. The van der Waals surface area contributed by atoms with E-state index in [1.54, 1.807) is 0 Å². The van der Waals surface area contributed by atoms with Crippen LogP contribution in [0.4, 0.5) is 0 Å². The quantitative estimate of drug-likeness (QED) is 0.373. The molecule has 0 atom stereocenters. The Hall–Kier alpha value is -1.10. The zero-order chi connectivity index (χ0) is 7.40. The van der Waals surface area contributed by atoms with Crippen LogP contribution < -0.4 is 0 Å². The van der Waals surface area contributed by atoms with Gasteiger partial charge in [0.15, 0.2) is 5.78 Å². The second-order valence-electron chi connectivity index (χ2n) is 2.43. The standard InChI is InChI=1S/C8H9NO/c9-6-5-7-3-1-2-4-8(7)10/h5H,1-4H2/b7-5-. The Morgan fingerprint density at radius 3 is 2.70 bits per heavy atom. The van der Waals surface area contributed by atoms with E-state index in [2.05, 4.69) is 0 Å². The maximum Gasteiger partial charge on any atom is 0.159 e. The zero-order valence-electron chi connectivity index (χ0n) is 5.76. The van der Waals surface area contributed by atoms with Gasteiger partial charge in [-0.3, -0.25) is 4.79 Å². The first-order valence-electron chi connectivity index (χ1n) is 3.46. The van der Waals surface area contributed by atoms with Crippen LogP contribution in [0, 0.1) is 11.3 Å². The monoisotopic (exact) mass is 135 g/mol. The molecule has 0 aromatic heterocycles. The highest BCUT2D eigenvalue weighted by Gasteiger charge is 2.13. The fourth-order valence-electron chi connectivity index (χ4n) is 1.13. The molecular weight excluding hydrogens is 126 g/mol. The summed E-state index contributed by atoms with van der Waals surface area (Å²) in [6, 6.07) is 1.88. The molecule has 0 spiro atoms. The second kappa shape index (κ2) is 3.17. The van der Waals surface area contributed by atoms with Gasteiger partial charge in [-0.05, 0) is 19.3 Å². The van der Waals surface area contributed by atoms with Crippen LogP contribution in [0.3, 0.4) is 0 Å². The van der Waals surface area contributed by atoms with Crippen LogP contribution in [0.5, 0.6) is 0 Å². The summed E-state index contributed by atoms with van der Waals surface area (Å²) < 4.78 is 0. The van der Waals surface area contributed by atoms with E-state index in [1.165, 1.54) is 6.08 Å². The molecule has 1 fully saturated rings. The molecule has 1 aliphatic rings. The van der Waals surface area contributed by atoms with Gasteiger partial charge in [-0.2, -0.15) is 5.26 Å². The number of nitrogens with zero attached hydrogens (tertiary/aromatic N) is 1. The highest BCUT2D eigenvalue weighted by Crippen LogP contribution is 2.18. The van der Waals surface area contributed by atoms with E-state index in [4.69, 9.17) is 5.26 Å². The summed E-state index contributed by atoms with van der Waals surface area (Å²) >= 11 is 0. The minimum absolute atomic E-state index is 0.160. The van der Waals surface area contributed by atoms with Gasteiger partial charge in [0.1, 0.15) is 0 Å². The van der Waals surface area contributed by atoms with Crippen molar-refractivity contribution in [3.05, 3.63) is 11.6 Å². The Morgan fingerprint density at radius 1 is 1.40 bits per heavy atom. The first-order chi connectivity index (χ1) is 4.84. The predicted octanol–water partition coefficient (Wildman–Crippen LogP) is 1.58. The fourth-order valence-corrected chi connectivity index (χ4v) is 1.13. The van der Waals surface area contributed by atoms with Crippen molar-refractivity contribution in [3.63, 3.8) is 0 Å². The number of rotatable bonds is 0. The summed E-state index contributed by atoms with van der Waals surface area (Å²) in [6.45, 7) is 0. The molecule has 0 aliphatic heterocycles. The van der Waals surface area contributed by atoms with Gasteiger partial charge in [-0.25, -0.2) is 0 Å². The zero-order valence-corrected chi connectivity index (χ0v) is 5.76. The summed E-state index contributed by atoms with van der Waals surface area (Å²) in [5.74, 6) is 0.160. The largest absolute Gasteiger partial charge is 0.295 e. The molecule has 1 saturated carbocycles. The van der Waals surface area contributed by atoms with Crippen molar-refractivity contribution < 1.29 is 4.79 Å². The molecular formula is C8H9NO. The number of carbonyl (C=O) groups excluding carboxylic acids is 1. The normalized spacial score (nSPS) is 22.7. The molecule has 0 heterocycles. The summed E-state index contributed by atoms with van der Waals surface area (Å²) in [7, 11) is 0. The summed E-state index contributed by atoms with van der Waals surface area (Å²) in [5, 5.41) is 8.26. The molecule has 0 N–H and O–H groups in total. The SMILES string of the molecule is N#C/C=C1/CCCCC1=O. The molecule has 0 saturated heterocycles. The fraction of sp³-hybridized carbons (Fsp3) is 0.500. The van der Waals surface area contributed by atoms with E-state index in [9.17, 15) is 4.79 Å². The Bertz CT molecular complexity index is 210. The Labute approximate surface area is 60.2 Å². The molecule has 10 heavy (non-hydrogen) atoms. The number of ketones is 1. The van der Waals surface area contributed by atoms with E-state index >= 15 is 0 Å². The first-order valence-corrected chi connectivity index (χ1v) is 3.46. The van der Waals surface area contributed by atoms with Gasteiger partial charge in [0.2, 0.25) is 0 Å². The van der Waals surface area contributed by atoms with E-state index in [-0.39, 0.29) is 5.78 Å². The maximum absolute atomic E-state index is 11.0. The van der Waals surface area contributed by atoms with Crippen molar-refractivity contribution in [2.45, 2.75) is 25.7 Å². The molecule has 0 radical (unpaired) electrons. The van der Waals surface area contributed by atoms with Crippen molar-refractivity contribution in [2.75, 3.05) is 0 Å².